The zero-order valence-electron chi connectivity index (χ0n) is 9.85. The number of halogens is 1. The highest BCUT2D eigenvalue weighted by molar-refractivity contribution is 6.30. The molecule has 4 nitrogen and oxygen atoms in total. The van der Waals surface area contributed by atoms with Crippen molar-refractivity contribution in [2.24, 2.45) is 0 Å². The van der Waals surface area contributed by atoms with E-state index in [1.54, 1.807) is 18.3 Å². The van der Waals surface area contributed by atoms with E-state index in [2.05, 4.69) is 10.1 Å². The van der Waals surface area contributed by atoms with Crippen molar-refractivity contribution in [1.29, 1.82) is 0 Å². The van der Waals surface area contributed by atoms with Crippen molar-refractivity contribution in [1.82, 2.24) is 14.8 Å². The minimum absolute atomic E-state index is 0.381. The van der Waals surface area contributed by atoms with Gasteiger partial charge in [-0.2, -0.15) is 5.10 Å². The maximum absolute atomic E-state index is 5.91. The molecule has 2 heterocycles. The van der Waals surface area contributed by atoms with Crippen molar-refractivity contribution in [2.45, 2.75) is 27.0 Å². The molecule has 0 radical (unpaired) electrons. The first-order chi connectivity index (χ1) is 8.20. The van der Waals surface area contributed by atoms with Gasteiger partial charge in [0.1, 0.15) is 6.61 Å². The van der Waals surface area contributed by atoms with Crippen LogP contribution in [0.15, 0.2) is 24.4 Å². The summed E-state index contributed by atoms with van der Waals surface area (Å²) in [6.45, 7) is 5.28. The molecule has 2 aromatic heterocycles. The van der Waals surface area contributed by atoms with E-state index in [1.807, 2.05) is 24.6 Å². The zero-order valence-corrected chi connectivity index (χ0v) is 10.6. The van der Waals surface area contributed by atoms with Crippen LogP contribution >= 0.6 is 11.6 Å². The van der Waals surface area contributed by atoms with Crippen molar-refractivity contribution < 1.29 is 4.74 Å². The fourth-order valence-corrected chi connectivity index (χ4v) is 1.79. The monoisotopic (exact) mass is 251 g/mol. The van der Waals surface area contributed by atoms with Gasteiger partial charge in [0, 0.05) is 12.7 Å². The molecular formula is C12H14ClN3O. The summed E-state index contributed by atoms with van der Waals surface area (Å²) in [7, 11) is 0. The molecule has 0 bridgehead atoms. The van der Waals surface area contributed by atoms with Crippen LogP contribution in [-0.4, -0.2) is 14.8 Å². The number of ether oxygens (including phenoxy) is 1. The predicted molar refractivity (Wildman–Crippen MR) is 66.2 cm³/mol. The minimum atomic E-state index is 0.381. The van der Waals surface area contributed by atoms with Crippen LogP contribution in [0.2, 0.25) is 5.15 Å². The predicted octanol–water partition coefficient (Wildman–Crippen LogP) is 2.84. The number of nitrogens with zero attached hydrogens (tertiary/aromatic N) is 3. The average molecular weight is 252 g/mol. The minimum Gasteiger partial charge on any atom is -0.484 e. The highest BCUT2D eigenvalue weighted by atomic mass is 35.5. The van der Waals surface area contributed by atoms with Crippen molar-refractivity contribution in [3.05, 3.63) is 40.9 Å². The summed E-state index contributed by atoms with van der Waals surface area (Å²) in [5, 5.41) is 4.73. The van der Waals surface area contributed by atoms with Gasteiger partial charge in [-0.3, -0.25) is 4.68 Å². The third-order valence-electron chi connectivity index (χ3n) is 2.39. The molecule has 2 rings (SSSR count). The van der Waals surface area contributed by atoms with Crippen LogP contribution in [-0.2, 0) is 13.2 Å². The second kappa shape index (κ2) is 5.19. The first-order valence-electron chi connectivity index (χ1n) is 5.47. The fraction of sp³-hybridized carbons (Fsp3) is 0.333. The van der Waals surface area contributed by atoms with Crippen LogP contribution in [0.1, 0.15) is 18.3 Å². The number of aryl methyl sites for hydroxylation is 2. The Bertz CT molecular complexity index is 510. The molecule has 0 saturated heterocycles. The van der Waals surface area contributed by atoms with Crippen LogP contribution in [0, 0.1) is 6.92 Å². The molecule has 0 aliphatic rings. The lowest BCUT2D eigenvalue weighted by Crippen LogP contribution is -2.06. The van der Waals surface area contributed by atoms with Gasteiger partial charge < -0.3 is 4.74 Å². The molecule has 5 heteroatoms. The van der Waals surface area contributed by atoms with Crippen molar-refractivity contribution in [3.8, 4) is 5.75 Å². The Morgan fingerprint density at radius 2 is 2.29 bits per heavy atom. The van der Waals surface area contributed by atoms with E-state index >= 15 is 0 Å². The largest absolute Gasteiger partial charge is 0.484 e. The van der Waals surface area contributed by atoms with Crippen LogP contribution in [0.25, 0.3) is 0 Å². The molecule has 90 valence electrons. The summed E-state index contributed by atoms with van der Waals surface area (Å²) < 4.78 is 7.54. The summed E-state index contributed by atoms with van der Waals surface area (Å²) in [4.78, 5) is 3.96. The lowest BCUT2D eigenvalue weighted by atomic mass is 10.4. The Morgan fingerprint density at radius 3 is 3.00 bits per heavy atom. The first-order valence-corrected chi connectivity index (χ1v) is 5.85. The van der Waals surface area contributed by atoms with E-state index in [4.69, 9.17) is 16.3 Å². The van der Waals surface area contributed by atoms with Gasteiger partial charge in [0.15, 0.2) is 10.9 Å². The van der Waals surface area contributed by atoms with E-state index in [0.29, 0.717) is 17.5 Å². The lowest BCUT2D eigenvalue weighted by molar-refractivity contribution is 0.291. The Kier molecular flexibility index (Phi) is 3.64. The molecule has 0 amide bonds. The van der Waals surface area contributed by atoms with E-state index in [9.17, 15) is 0 Å². The number of hydrogen-bond donors (Lipinski definition) is 0. The smallest absolute Gasteiger partial charge is 0.171 e. The molecule has 0 aliphatic carbocycles. The molecular weight excluding hydrogens is 238 g/mol. The fourth-order valence-electron chi connectivity index (χ4n) is 1.62. The van der Waals surface area contributed by atoms with Crippen molar-refractivity contribution in [3.63, 3.8) is 0 Å². The zero-order chi connectivity index (χ0) is 12.3. The van der Waals surface area contributed by atoms with Gasteiger partial charge in [-0.05, 0) is 32.0 Å². The molecule has 2 aromatic rings. The van der Waals surface area contributed by atoms with E-state index < -0.39 is 0 Å². The van der Waals surface area contributed by atoms with Gasteiger partial charge in [0.2, 0.25) is 0 Å². The first kappa shape index (κ1) is 11.9. The Labute approximate surface area is 105 Å². The van der Waals surface area contributed by atoms with Gasteiger partial charge in [0.25, 0.3) is 0 Å². The molecule has 0 aliphatic heterocycles. The highest BCUT2D eigenvalue weighted by Crippen LogP contribution is 2.21. The summed E-state index contributed by atoms with van der Waals surface area (Å²) >= 11 is 5.91. The quantitative estimate of drug-likeness (QED) is 0.785. The topological polar surface area (TPSA) is 39.9 Å². The van der Waals surface area contributed by atoms with Crippen molar-refractivity contribution in [2.75, 3.05) is 0 Å². The third kappa shape index (κ3) is 2.77. The van der Waals surface area contributed by atoms with Crippen LogP contribution in [0.4, 0.5) is 0 Å². The van der Waals surface area contributed by atoms with E-state index in [0.717, 1.165) is 17.9 Å². The number of aromatic nitrogens is 3. The van der Waals surface area contributed by atoms with Crippen molar-refractivity contribution >= 4 is 11.6 Å². The summed E-state index contributed by atoms with van der Waals surface area (Å²) in [5.41, 5.74) is 2.02. The Balaban J connectivity index is 2.09. The van der Waals surface area contributed by atoms with Gasteiger partial charge in [-0.15, -0.1) is 0 Å². The molecule has 17 heavy (non-hydrogen) atoms. The second-order valence-electron chi connectivity index (χ2n) is 3.67. The number of rotatable bonds is 4. The summed E-state index contributed by atoms with van der Waals surface area (Å²) in [6, 6.07) is 5.60. The molecule has 0 atom stereocenters. The molecule has 0 saturated carbocycles. The molecule has 0 aromatic carbocycles. The number of hydrogen-bond acceptors (Lipinski definition) is 3. The summed E-state index contributed by atoms with van der Waals surface area (Å²) in [6.07, 6.45) is 1.63. The van der Waals surface area contributed by atoms with Crippen LogP contribution in [0.3, 0.4) is 0 Å². The second-order valence-corrected chi connectivity index (χ2v) is 4.03. The average Bonchev–Trinajstić information content (AvgIpc) is 2.69. The standard InChI is InChI=1S/C12H14ClN3O/c1-3-16-10(7-9(2)15-16)8-17-11-5-4-6-14-12(11)13/h4-7H,3,8H2,1-2H3. The highest BCUT2D eigenvalue weighted by Gasteiger charge is 2.06. The van der Waals surface area contributed by atoms with Gasteiger partial charge >= 0.3 is 0 Å². The van der Waals surface area contributed by atoms with Gasteiger partial charge in [-0.25, -0.2) is 4.98 Å². The maximum Gasteiger partial charge on any atom is 0.171 e. The maximum atomic E-state index is 5.91. The SMILES string of the molecule is CCn1nc(C)cc1COc1cccnc1Cl. The van der Waals surface area contributed by atoms with Crippen LogP contribution in [0.5, 0.6) is 5.75 Å². The van der Waals surface area contributed by atoms with Gasteiger partial charge in [-0.1, -0.05) is 11.6 Å². The Morgan fingerprint density at radius 1 is 1.47 bits per heavy atom. The third-order valence-corrected chi connectivity index (χ3v) is 2.67. The lowest BCUT2D eigenvalue weighted by Gasteiger charge is -2.08. The summed E-state index contributed by atoms with van der Waals surface area (Å²) in [5.74, 6) is 0.593. The molecule has 0 N–H and O–H groups in total. The Hall–Kier alpha value is -1.55. The molecule has 0 fully saturated rings. The van der Waals surface area contributed by atoms with E-state index in [1.165, 1.54) is 0 Å². The molecule has 0 spiro atoms. The van der Waals surface area contributed by atoms with Gasteiger partial charge in [0.05, 0.1) is 11.4 Å². The number of pyridine rings is 1. The van der Waals surface area contributed by atoms with Crippen LogP contribution < -0.4 is 4.74 Å². The molecule has 0 unspecified atom stereocenters. The normalized spacial score (nSPS) is 10.5. The van der Waals surface area contributed by atoms with E-state index in [-0.39, 0.29) is 0 Å².